The second-order valence-electron chi connectivity index (χ2n) is 4.69. The maximum absolute atomic E-state index is 2.54. The number of nitrogens with zero attached hydrogens (tertiary/aromatic N) is 2. The van der Waals surface area contributed by atoms with Crippen molar-refractivity contribution in [2.24, 2.45) is 0 Å². The second-order valence-corrected chi connectivity index (χ2v) is 4.69. The van der Waals surface area contributed by atoms with Gasteiger partial charge in [0, 0.05) is 24.1 Å². The van der Waals surface area contributed by atoms with E-state index in [1.54, 1.807) is 0 Å². The van der Waals surface area contributed by atoms with Crippen molar-refractivity contribution in [3.05, 3.63) is 54.4 Å². The molecule has 0 radical (unpaired) electrons. The van der Waals surface area contributed by atoms with E-state index in [0.29, 0.717) is 0 Å². The molecule has 2 aromatic rings. The SMILES string of the molecule is c1ccc(-n2cccc2CN2CCCC2)cc1. The van der Waals surface area contributed by atoms with Gasteiger partial charge in [-0.05, 0) is 50.2 Å². The predicted octanol–water partition coefficient (Wildman–Crippen LogP) is 3.07. The average Bonchev–Trinajstić information content (AvgIpc) is 3.02. The summed E-state index contributed by atoms with van der Waals surface area (Å²) in [7, 11) is 0. The molecule has 0 unspecified atom stereocenters. The molecule has 2 heterocycles. The summed E-state index contributed by atoms with van der Waals surface area (Å²) in [5.74, 6) is 0. The van der Waals surface area contributed by atoms with E-state index in [2.05, 4.69) is 58.1 Å². The topological polar surface area (TPSA) is 8.17 Å². The van der Waals surface area contributed by atoms with Gasteiger partial charge in [0.1, 0.15) is 0 Å². The zero-order chi connectivity index (χ0) is 11.5. The van der Waals surface area contributed by atoms with E-state index in [-0.39, 0.29) is 0 Å². The van der Waals surface area contributed by atoms with Crippen LogP contribution in [0.3, 0.4) is 0 Å². The third-order valence-corrected chi connectivity index (χ3v) is 3.45. The van der Waals surface area contributed by atoms with Crippen molar-refractivity contribution in [1.29, 1.82) is 0 Å². The van der Waals surface area contributed by atoms with Gasteiger partial charge in [-0.2, -0.15) is 0 Å². The zero-order valence-electron chi connectivity index (χ0n) is 10.0. The number of likely N-dealkylation sites (tertiary alicyclic amines) is 1. The highest BCUT2D eigenvalue weighted by Crippen LogP contribution is 2.17. The molecular formula is C15H18N2. The number of hydrogen-bond donors (Lipinski definition) is 0. The molecule has 1 aliphatic rings. The van der Waals surface area contributed by atoms with Crippen LogP contribution in [0.15, 0.2) is 48.7 Å². The Labute approximate surface area is 102 Å². The molecule has 17 heavy (non-hydrogen) atoms. The molecule has 2 nitrogen and oxygen atoms in total. The van der Waals surface area contributed by atoms with Gasteiger partial charge in [0.2, 0.25) is 0 Å². The Kier molecular flexibility index (Phi) is 2.97. The van der Waals surface area contributed by atoms with Crippen LogP contribution >= 0.6 is 0 Å². The monoisotopic (exact) mass is 226 g/mol. The van der Waals surface area contributed by atoms with E-state index in [1.807, 2.05) is 0 Å². The normalized spacial score (nSPS) is 16.5. The van der Waals surface area contributed by atoms with Crippen LogP contribution in [0.1, 0.15) is 18.5 Å². The molecule has 0 atom stereocenters. The number of rotatable bonds is 3. The number of benzene rings is 1. The van der Waals surface area contributed by atoms with Crippen molar-refractivity contribution in [2.45, 2.75) is 19.4 Å². The minimum atomic E-state index is 1.07. The van der Waals surface area contributed by atoms with Crippen LogP contribution in [0.4, 0.5) is 0 Å². The van der Waals surface area contributed by atoms with Gasteiger partial charge < -0.3 is 4.57 Å². The van der Waals surface area contributed by atoms with E-state index in [9.17, 15) is 0 Å². The van der Waals surface area contributed by atoms with Crippen LogP contribution in [-0.4, -0.2) is 22.6 Å². The fraction of sp³-hybridized carbons (Fsp3) is 0.333. The van der Waals surface area contributed by atoms with Crippen molar-refractivity contribution in [1.82, 2.24) is 9.47 Å². The molecule has 0 bridgehead atoms. The molecule has 0 spiro atoms. The van der Waals surface area contributed by atoms with Crippen LogP contribution in [-0.2, 0) is 6.54 Å². The molecular weight excluding hydrogens is 208 g/mol. The van der Waals surface area contributed by atoms with Gasteiger partial charge in [0.05, 0.1) is 0 Å². The maximum Gasteiger partial charge on any atom is 0.0452 e. The van der Waals surface area contributed by atoms with Crippen LogP contribution in [0.5, 0.6) is 0 Å². The summed E-state index contributed by atoms with van der Waals surface area (Å²) < 4.78 is 2.29. The molecule has 1 aromatic carbocycles. The lowest BCUT2D eigenvalue weighted by atomic mass is 10.3. The van der Waals surface area contributed by atoms with Crippen LogP contribution in [0.2, 0.25) is 0 Å². The third kappa shape index (κ3) is 2.27. The Balaban J connectivity index is 1.84. The van der Waals surface area contributed by atoms with Gasteiger partial charge >= 0.3 is 0 Å². The van der Waals surface area contributed by atoms with Crippen molar-refractivity contribution in [2.75, 3.05) is 13.1 Å². The summed E-state index contributed by atoms with van der Waals surface area (Å²) in [6, 6.07) is 14.9. The van der Waals surface area contributed by atoms with Crippen LogP contribution in [0.25, 0.3) is 5.69 Å². The van der Waals surface area contributed by atoms with Gasteiger partial charge in [0.25, 0.3) is 0 Å². The van der Waals surface area contributed by atoms with E-state index in [0.717, 1.165) is 6.54 Å². The smallest absolute Gasteiger partial charge is 0.0452 e. The number of aromatic nitrogens is 1. The lowest BCUT2D eigenvalue weighted by Gasteiger charge is -2.16. The molecule has 1 fully saturated rings. The molecule has 0 saturated carbocycles. The fourth-order valence-electron chi connectivity index (χ4n) is 2.56. The van der Waals surface area contributed by atoms with E-state index in [1.165, 1.54) is 37.3 Å². The zero-order valence-corrected chi connectivity index (χ0v) is 10.0. The fourth-order valence-corrected chi connectivity index (χ4v) is 2.56. The standard InChI is InChI=1S/C15H18N2/c1-2-7-14(8-3-1)17-12-6-9-15(17)13-16-10-4-5-11-16/h1-3,6-9,12H,4-5,10-11,13H2. The Bertz CT molecular complexity index is 467. The molecule has 88 valence electrons. The quantitative estimate of drug-likeness (QED) is 0.781. The molecule has 1 saturated heterocycles. The average molecular weight is 226 g/mol. The molecule has 0 aliphatic carbocycles. The van der Waals surface area contributed by atoms with Gasteiger partial charge in [0.15, 0.2) is 0 Å². The van der Waals surface area contributed by atoms with E-state index < -0.39 is 0 Å². The van der Waals surface area contributed by atoms with E-state index >= 15 is 0 Å². The van der Waals surface area contributed by atoms with Gasteiger partial charge in [-0.3, -0.25) is 4.90 Å². The largest absolute Gasteiger partial charge is 0.320 e. The highest BCUT2D eigenvalue weighted by Gasteiger charge is 2.13. The number of hydrogen-bond acceptors (Lipinski definition) is 1. The van der Waals surface area contributed by atoms with E-state index in [4.69, 9.17) is 0 Å². The van der Waals surface area contributed by atoms with Crippen molar-refractivity contribution in [3.8, 4) is 5.69 Å². The van der Waals surface area contributed by atoms with Crippen molar-refractivity contribution >= 4 is 0 Å². The summed E-state index contributed by atoms with van der Waals surface area (Å²) in [5.41, 5.74) is 2.64. The summed E-state index contributed by atoms with van der Waals surface area (Å²) in [6.45, 7) is 3.57. The molecule has 1 aliphatic heterocycles. The van der Waals surface area contributed by atoms with Crippen molar-refractivity contribution in [3.63, 3.8) is 0 Å². The summed E-state index contributed by atoms with van der Waals surface area (Å²) in [4.78, 5) is 2.54. The third-order valence-electron chi connectivity index (χ3n) is 3.45. The first kappa shape index (κ1) is 10.6. The Morgan fingerprint density at radius 1 is 0.882 bits per heavy atom. The minimum absolute atomic E-state index is 1.07. The molecule has 2 heteroatoms. The molecule has 1 aromatic heterocycles. The van der Waals surface area contributed by atoms with Gasteiger partial charge in [-0.1, -0.05) is 18.2 Å². The predicted molar refractivity (Wildman–Crippen MR) is 70.3 cm³/mol. The number of para-hydroxylation sites is 1. The molecule has 0 amide bonds. The van der Waals surface area contributed by atoms with Gasteiger partial charge in [-0.25, -0.2) is 0 Å². The lowest BCUT2D eigenvalue weighted by molar-refractivity contribution is 0.325. The van der Waals surface area contributed by atoms with Crippen molar-refractivity contribution < 1.29 is 0 Å². The first-order valence-electron chi connectivity index (χ1n) is 6.37. The molecule has 3 rings (SSSR count). The highest BCUT2D eigenvalue weighted by molar-refractivity contribution is 5.34. The first-order chi connectivity index (χ1) is 8.43. The minimum Gasteiger partial charge on any atom is -0.320 e. The summed E-state index contributed by atoms with van der Waals surface area (Å²) >= 11 is 0. The Hall–Kier alpha value is -1.54. The molecule has 0 N–H and O–H groups in total. The first-order valence-corrected chi connectivity index (χ1v) is 6.37. The van der Waals surface area contributed by atoms with Gasteiger partial charge in [-0.15, -0.1) is 0 Å². The van der Waals surface area contributed by atoms with Crippen LogP contribution in [0, 0.1) is 0 Å². The maximum atomic E-state index is 2.54. The lowest BCUT2D eigenvalue weighted by Crippen LogP contribution is -2.20. The second kappa shape index (κ2) is 4.76. The summed E-state index contributed by atoms with van der Waals surface area (Å²) in [5, 5.41) is 0. The summed E-state index contributed by atoms with van der Waals surface area (Å²) in [6.07, 6.45) is 4.86. The Morgan fingerprint density at radius 2 is 1.65 bits per heavy atom. The van der Waals surface area contributed by atoms with Crippen LogP contribution < -0.4 is 0 Å². The Morgan fingerprint density at radius 3 is 2.41 bits per heavy atom. The highest BCUT2D eigenvalue weighted by atomic mass is 15.2.